The molecular weight excluding hydrogens is 446 g/mol. The molecule has 4 nitrogen and oxygen atoms in total. The molecule has 0 N–H and O–H groups in total. The number of hydrogen-bond donors (Lipinski definition) is 0. The van der Waals surface area contributed by atoms with Crippen molar-refractivity contribution in [1.82, 2.24) is 0 Å². The Morgan fingerprint density at radius 1 is 1.06 bits per heavy atom. The third-order valence-corrected chi connectivity index (χ3v) is 9.80. The van der Waals surface area contributed by atoms with E-state index < -0.39 is 10.5 Å². The maximum atomic E-state index is 13.4. The minimum atomic E-state index is -5.01. The number of rotatable bonds is 4. The van der Waals surface area contributed by atoms with Crippen LogP contribution in [0.5, 0.6) is 0 Å². The summed E-state index contributed by atoms with van der Waals surface area (Å²) in [7, 11) is -5.01. The van der Waals surface area contributed by atoms with Crippen LogP contribution in [0.2, 0.25) is 0 Å². The lowest BCUT2D eigenvalue weighted by molar-refractivity contribution is -0.0324. The first kappa shape index (κ1) is 22.8. The molecule has 6 atom stereocenters. The fraction of sp³-hybridized carbons (Fsp3) is 0.577. The molecule has 1 aromatic rings. The summed E-state index contributed by atoms with van der Waals surface area (Å²) in [6.07, 6.45) is 9.74. The van der Waals surface area contributed by atoms with Crippen molar-refractivity contribution in [3.8, 4) is 0 Å². The number of ketones is 1. The highest BCUT2D eigenvalue weighted by Crippen LogP contribution is 2.66. The molecule has 1 aromatic carbocycles. The Kier molecular flexibility index (Phi) is 5.35. The number of halogens is 2. The fourth-order valence-corrected chi connectivity index (χ4v) is 8.13. The quantitative estimate of drug-likeness (QED) is 0.377. The van der Waals surface area contributed by atoms with Crippen molar-refractivity contribution in [2.45, 2.75) is 58.8 Å². The highest BCUT2D eigenvalue weighted by Gasteiger charge is 2.59. The van der Waals surface area contributed by atoms with Gasteiger partial charge in [0.1, 0.15) is 11.6 Å². The van der Waals surface area contributed by atoms with Gasteiger partial charge >= 0.3 is 10.5 Å². The minimum absolute atomic E-state index is 0.0480. The second-order valence-corrected chi connectivity index (χ2v) is 11.8. The van der Waals surface area contributed by atoms with Gasteiger partial charge in [-0.2, -0.15) is 8.42 Å². The molecule has 0 unspecified atom stereocenters. The van der Waals surface area contributed by atoms with Crippen molar-refractivity contribution >= 4 is 16.3 Å². The third-order valence-electron chi connectivity index (χ3n) is 9.38. The number of allylic oxidation sites excluding steroid dienone is 4. The maximum absolute atomic E-state index is 13.4. The largest absolute Gasteiger partial charge is 0.488 e. The lowest BCUT2D eigenvalue weighted by Crippen LogP contribution is -2.50. The fourth-order valence-electron chi connectivity index (χ4n) is 7.74. The maximum Gasteiger partial charge on any atom is 0.488 e. The summed E-state index contributed by atoms with van der Waals surface area (Å²) in [4.78, 5) is 13.4. The molecule has 178 valence electrons. The molecule has 0 amide bonds. The third kappa shape index (κ3) is 3.76. The van der Waals surface area contributed by atoms with Gasteiger partial charge in [0.15, 0.2) is 5.78 Å². The molecule has 0 spiro atoms. The van der Waals surface area contributed by atoms with Crippen LogP contribution in [0.4, 0.5) is 8.28 Å². The van der Waals surface area contributed by atoms with Crippen LogP contribution in [0.3, 0.4) is 0 Å². The number of fused-ring (bicyclic) bond motifs is 5. The van der Waals surface area contributed by atoms with Gasteiger partial charge in [0, 0.05) is 17.9 Å². The van der Waals surface area contributed by atoms with Crippen LogP contribution < -0.4 is 0 Å². The molecule has 5 rings (SSSR count). The van der Waals surface area contributed by atoms with Crippen molar-refractivity contribution in [3.05, 3.63) is 59.1 Å². The van der Waals surface area contributed by atoms with Crippen LogP contribution in [-0.2, 0) is 14.7 Å². The van der Waals surface area contributed by atoms with Gasteiger partial charge in [-0.15, -0.1) is 0 Å². The molecule has 7 heteroatoms. The summed E-state index contributed by atoms with van der Waals surface area (Å²) in [6, 6.07) is 5.91. The van der Waals surface area contributed by atoms with Gasteiger partial charge in [0.2, 0.25) is 0 Å². The van der Waals surface area contributed by atoms with E-state index in [0.717, 1.165) is 44.1 Å². The average Bonchev–Trinajstić information content (AvgIpc) is 3.10. The average molecular weight is 477 g/mol. The Labute approximate surface area is 194 Å². The highest BCUT2D eigenvalue weighted by molar-refractivity contribution is 7.81. The number of benzene rings is 1. The predicted molar refractivity (Wildman–Crippen MR) is 121 cm³/mol. The zero-order valence-electron chi connectivity index (χ0n) is 19.0. The topological polar surface area (TPSA) is 60.4 Å². The lowest BCUT2D eigenvalue weighted by Gasteiger charge is -2.56. The van der Waals surface area contributed by atoms with E-state index in [1.54, 1.807) is 18.2 Å². The van der Waals surface area contributed by atoms with E-state index in [1.165, 1.54) is 12.1 Å². The summed E-state index contributed by atoms with van der Waals surface area (Å²) >= 11 is 0. The zero-order valence-corrected chi connectivity index (χ0v) is 19.8. The number of carbonyl (C=O) groups excluding carboxylic acids is 1. The number of Topliss-reactive ketones (excluding diaryl/α,β-unsaturated/α-hetero) is 1. The highest BCUT2D eigenvalue weighted by atomic mass is 32.3. The molecule has 4 aliphatic rings. The van der Waals surface area contributed by atoms with Gasteiger partial charge in [-0.05, 0) is 103 Å². The van der Waals surface area contributed by atoms with Gasteiger partial charge in [-0.1, -0.05) is 23.8 Å². The Morgan fingerprint density at radius 2 is 1.79 bits per heavy atom. The number of hydrogen-bond acceptors (Lipinski definition) is 4. The van der Waals surface area contributed by atoms with E-state index in [2.05, 4.69) is 24.1 Å². The molecule has 0 saturated heterocycles. The van der Waals surface area contributed by atoms with Crippen molar-refractivity contribution in [3.63, 3.8) is 0 Å². The first-order valence-electron chi connectivity index (χ1n) is 11.9. The molecular formula is C26H30F2O4S. The Bertz CT molecular complexity index is 1140. The van der Waals surface area contributed by atoms with Gasteiger partial charge in [-0.25, -0.2) is 4.39 Å². The molecule has 0 aromatic heterocycles. The standard InChI is InChI=1S/C26H30F2O4S/c1-25-13-11-19(32-33(28,30)31)15-17(25)5-8-20-21-9-10-23(26(21,2)14-12-22(20)25)24(29)16-3-6-18(27)7-4-16/h3-7,15,20-23H,8-14H2,1-2H3/t20-,21-,22-,23+,25-,26-/m0/s1. The van der Waals surface area contributed by atoms with E-state index in [9.17, 15) is 21.5 Å². The SMILES string of the molecule is C[C@]12CC[C@H]3[C@@H](CC=C4C=C(OS(=O)(=O)F)CC[C@@]43C)[C@@H]1CC[C@@H]2C(=O)c1ccc(F)cc1. The van der Waals surface area contributed by atoms with Crippen LogP contribution in [0.25, 0.3) is 0 Å². The van der Waals surface area contributed by atoms with Crippen molar-refractivity contribution in [2.24, 2.45) is 34.5 Å². The zero-order chi connectivity index (χ0) is 23.6. The summed E-state index contributed by atoms with van der Waals surface area (Å²) in [5.74, 6) is 1.26. The van der Waals surface area contributed by atoms with Crippen LogP contribution in [0.1, 0.15) is 69.2 Å². The molecule has 0 aliphatic heterocycles. The Hall–Kier alpha value is -2.02. The minimum Gasteiger partial charge on any atom is -0.363 e. The van der Waals surface area contributed by atoms with Gasteiger partial charge < -0.3 is 4.18 Å². The molecule has 0 bridgehead atoms. The first-order chi connectivity index (χ1) is 15.5. The molecule has 4 aliphatic carbocycles. The van der Waals surface area contributed by atoms with Crippen LogP contribution in [0, 0.1) is 40.3 Å². The van der Waals surface area contributed by atoms with E-state index in [0.29, 0.717) is 29.7 Å². The second-order valence-electron chi connectivity index (χ2n) is 10.8. The summed E-state index contributed by atoms with van der Waals surface area (Å²) in [6.45, 7) is 4.51. The molecule has 0 heterocycles. The van der Waals surface area contributed by atoms with Crippen molar-refractivity contribution in [2.75, 3.05) is 0 Å². The number of carbonyl (C=O) groups is 1. The van der Waals surface area contributed by atoms with Gasteiger partial charge in [0.05, 0.1) is 0 Å². The second kappa shape index (κ2) is 7.76. The monoisotopic (exact) mass is 476 g/mol. The van der Waals surface area contributed by atoms with E-state index in [1.807, 2.05) is 0 Å². The lowest BCUT2D eigenvalue weighted by atomic mass is 9.48. The smallest absolute Gasteiger partial charge is 0.363 e. The predicted octanol–water partition coefficient (Wildman–Crippen LogP) is 6.31. The Morgan fingerprint density at radius 3 is 2.48 bits per heavy atom. The van der Waals surface area contributed by atoms with Crippen LogP contribution in [-0.4, -0.2) is 14.2 Å². The van der Waals surface area contributed by atoms with Crippen LogP contribution in [0.15, 0.2) is 47.7 Å². The van der Waals surface area contributed by atoms with Crippen molar-refractivity contribution in [1.29, 1.82) is 0 Å². The van der Waals surface area contributed by atoms with E-state index in [-0.39, 0.29) is 34.1 Å². The van der Waals surface area contributed by atoms with E-state index >= 15 is 0 Å². The molecule has 33 heavy (non-hydrogen) atoms. The molecule has 2 fully saturated rings. The van der Waals surface area contributed by atoms with Crippen LogP contribution >= 0.6 is 0 Å². The summed E-state index contributed by atoms with van der Waals surface area (Å²) in [5, 5.41) is 0. The van der Waals surface area contributed by atoms with Crippen molar-refractivity contribution < 1.29 is 25.7 Å². The molecule has 2 saturated carbocycles. The summed E-state index contributed by atoms with van der Waals surface area (Å²) < 4.78 is 52.8. The van der Waals surface area contributed by atoms with Gasteiger partial charge in [0.25, 0.3) is 0 Å². The summed E-state index contributed by atoms with van der Waals surface area (Å²) in [5.41, 5.74) is 1.47. The first-order valence-corrected chi connectivity index (χ1v) is 13.2. The Balaban J connectivity index is 1.41. The normalized spacial score (nSPS) is 37.8. The van der Waals surface area contributed by atoms with Gasteiger partial charge in [-0.3, -0.25) is 4.79 Å². The van der Waals surface area contributed by atoms with E-state index in [4.69, 9.17) is 0 Å². The molecule has 0 radical (unpaired) electrons.